The van der Waals surface area contributed by atoms with Crippen molar-refractivity contribution in [2.45, 2.75) is 0 Å². The lowest BCUT2D eigenvalue weighted by atomic mass is 10.2. The third-order valence-corrected chi connectivity index (χ3v) is 4.38. The van der Waals surface area contributed by atoms with Gasteiger partial charge in [0, 0.05) is 34.7 Å². The molecule has 0 atom stereocenters. The van der Waals surface area contributed by atoms with Crippen molar-refractivity contribution in [3.63, 3.8) is 0 Å². The molecule has 142 valence electrons. The molecule has 0 bridgehead atoms. The molecule has 0 saturated carbocycles. The van der Waals surface area contributed by atoms with Crippen LogP contribution in [0.5, 0.6) is 0 Å². The van der Waals surface area contributed by atoms with Gasteiger partial charge in [0.1, 0.15) is 12.4 Å². The third kappa shape index (κ3) is 5.05. The number of nitro groups is 2. The summed E-state index contributed by atoms with van der Waals surface area (Å²) in [6, 6.07) is 8.46. The number of nitro benzene ring substituents is 2. The average Bonchev–Trinajstić information content (AvgIpc) is 2.61. The molecule has 0 aliphatic heterocycles. The topological polar surface area (TPSA) is 140 Å². The molecule has 2 aromatic carbocycles. The van der Waals surface area contributed by atoms with Crippen molar-refractivity contribution in [3.8, 4) is 0 Å². The van der Waals surface area contributed by atoms with E-state index in [1.54, 1.807) is 7.05 Å². The van der Waals surface area contributed by atoms with Gasteiger partial charge in [-0.1, -0.05) is 11.6 Å². The van der Waals surface area contributed by atoms with Crippen molar-refractivity contribution in [2.24, 2.45) is 10.7 Å². The van der Waals surface area contributed by atoms with Crippen LogP contribution in [0.15, 0.2) is 45.9 Å². The third-order valence-electron chi connectivity index (χ3n) is 3.51. The van der Waals surface area contributed by atoms with Gasteiger partial charge in [0.25, 0.3) is 11.4 Å². The van der Waals surface area contributed by atoms with E-state index in [-0.39, 0.29) is 34.7 Å². The normalized spacial score (nSPS) is 11.1. The van der Waals surface area contributed by atoms with Gasteiger partial charge < -0.3 is 16.0 Å². The van der Waals surface area contributed by atoms with Gasteiger partial charge in [0.05, 0.1) is 15.5 Å². The first-order chi connectivity index (χ1) is 12.7. The maximum Gasteiger partial charge on any atom is 0.293 e. The molecular formula is C15H14BrClN6O4. The van der Waals surface area contributed by atoms with Crippen molar-refractivity contribution >= 4 is 56.2 Å². The zero-order valence-corrected chi connectivity index (χ0v) is 16.3. The standard InChI is InChI=1S/C15H14BrClN6O4/c1-21(13-5-3-10(22(24)25)7-11(13)16)15(18)20-8-19-12-4-2-9(17)6-14(12)23(26)27/h2-7,19H,8H2,1H3,(H2,18,20). The lowest BCUT2D eigenvalue weighted by Gasteiger charge is -2.19. The van der Waals surface area contributed by atoms with E-state index in [9.17, 15) is 20.2 Å². The Morgan fingerprint density at radius 1 is 1.26 bits per heavy atom. The number of benzene rings is 2. The second kappa shape index (κ2) is 8.64. The van der Waals surface area contributed by atoms with Crippen LogP contribution in [-0.4, -0.2) is 29.5 Å². The van der Waals surface area contributed by atoms with Crippen molar-refractivity contribution < 1.29 is 9.85 Å². The smallest absolute Gasteiger partial charge is 0.293 e. The van der Waals surface area contributed by atoms with Crippen LogP contribution in [0.4, 0.5) is 22.7 Å². The SMILES string of the molecule is CN(C(N)=NCNc1ccc(Cl)cc1[N+](=O)[O-])c1ccc([N+](=O)[O-])cc1Br. The maximum atomic E-state index is 11.1. The van der Waals surface area contributed by atoms with Crippen LogP contribution in [0.25, 0.3) is 0 Å². The van der Waals surface area contributed by atoms with E-state index in [4.69, 9.17) is 17.3 Å². The highest BCUT2D eigenvalue weighted by molar-refractivity contribution is 9.10. The van der Waals surface area contributed by atoms with Gasteiger partial charge in [0.15, 0.2) is 5.96 Å². The number of aliphatic imine (C=N–C) groups is 1. The van der Waals surface area contributed by atoms with E-state index in [0.29, 0.717) is 10.2 Å². The molecule has 0 unspecified atom stereocenters. The second-order valence-electron chi connectivity index (χ2n) is 5.22. The summed E-state index contributed by atoms with van der Waals surface area (Å²) >= 11 is 9.03. The molecule has 0 saturated heterocycles. The Labute approximate surface area is 167 Å². The lowest BCUT2D eigenvalue weighted by Crippen LogP contribution is -2.34. The molecular weight excluding hydrogens is 444 g/mol. The van der Waals surface area contributed by atoms with Crippen molar-refractivity contribution in [1.82, 2.24) is 0 Å². The Morgan fingerprint density at radius 2 is 1.96 bits per heavy atom. The molecule has 0 amide bonds. The summed E-state index contributed by atoms with van der Waals surface area (Å²) in [4.78, 5) is 26.4. The predicted octanol–water partition coefficient (Wildman–Crippen LogP) is 3.74. The molecule has 0 radical (unpaired) electrons. The molecule has 3 N–H and O–H groups in total. The van der Waals surface area contributed by atoms with Crippen LogP contribution in [0.2, 0.25) is 5.02 Å². The zero-order chi connectivity index (χ0) is 20.1. The zero-order valence-electron chi connectivity index (χ0n) is 13.9. The van der Waals surface area contributed by atoms with Crippen LogP contribution in [-0.2, 0) is 0 Å². The summed E-state index contributed by atoms with van der Waals surface area (Å²) in [5.74, 6) is 0.105. The first-order valence-corrected chi connectivity index (χ1v) is 8.53. The Bertz CT molecular complexity index is 923. The minimum atomic E-state index is -0.554. The molecule has 10 nitrogen and oxygen atoms in total. The molecule has 0 aliphatic carbocycles. The molecule has 2 rings (SSSR count). The van der Waals surface area contributed by atoms with Gasteiger partial charge in [-0.3, -0.25) is 20.2 Å². The van der Waals surface area contributed by atoms with Crippen LogP contribution >= 0.6 is 27.5 Å². The van der Waals surface area contributed by atoms with Gasteiger partial charge >= 0.3 is 0 Å². The predicted molar refractivity (Wildman–Crippen MR) is 107 cm³/mol. The Morgan fingerprint density at radius 3 is 2.56 bits per heavy atom. The van der Waals surface area contributed by atoms with Crippen molar-refractivity contribution in [3.05, 3.63) is 66.1 Å². The molecule has 0 aromatic heterocycles. The van der Waals surface area contributed by atoms with E-state index in [2.05, 4.69) is 26.2 Å². The van der Waals surface area contributed by atoms with Gasteiger partial charge in [-0.25, -0.2) is 4.99 Å². The summed E-state index contributed by atoms with van der Waals surface area (Å²) in [5.41, 5.74) is 6.51. The van der Waals surface area contributed by atoms with E-state index < -0.39 is 9.85 Å². The number of guanidine groups is 1. The van der Waals surface area contributed by atoms with Gasteiger partial charge in [-0.15, -0.1) is 0 Å². The Balaban J connectivity index is 2.12. The van der Waals surface area contributed by atoms with Crippen LogP contribution in [0.1, 0.15) is 0 Å². The van der Waals surface area contributed by atoms with E-state index >= 15 is 0 Å². The number of anilines is 2. The summed E-state index contributed by atoms with van der Waals surface area (Å²) in [6.45, 7) is -0.0246. The molecule has 0 heterocycles. The fraction of sp³-hybridized carbons (Fsp3) is 0.133. The molecule has 0 spiro atoms. The van der Waals surface area contributed by atoms with E-state index in [0.717, 1.165) is 0 Å². The number of non-ortho nitro benzene ring substituents is 1. The highest BCUT2D eigenvalue weighted by Gasteiger charge is 2.15. The maximum absolute atomic E-state index is 11.1. The number of hydrogen-bond acceptors (Lipinski definition) is 6. The van der Waals surface area contributed by atoms with E-state index in [1.165, 1.54) is 41.3 Å². The number of nitrogens with two attached hydrogens (primary N) is 1. The fourth-order valence-corrected chi connectivity index (χ4v) is 2.92. The van der Waals surface area contributed by atoms with Crippen molar-refractivity contribution in [2.75, 3.05) is 23.9 Å². The lowest BCUT2D eigenvalue weighted by molar-refractivity contribution is -0.384. The number of halogens is 2. The van der Waals surface area contributed by atoms with Crippen LogP contribution in [0.3, 0.4) is 0 Å². The highest BCUT2D eigenvalue weighted by atomic mass is 79.9. The molecule has 2 aromatic rings. The first-order valence-electron chi connectivity index (χ1n) is 7.36. The minimum Gasteiger partial charge on any atom is -0.369 e. The van der Waals surface area contributed by atoms with Crippen LogP contribution in [0, 0.1) is 20.2 Å². The summed E-state index contributed by atoms with van der Waals surface area (Å²) in [5, 5.41) is 24.9. The Kier molecular flexibility index (Phi) is 6.53. The van der Waals surface area contributed by atoms with Gasteiger partial charge in [-0.2, -0.15) is 0 Å². The van der Waals surface area contributed by atoms with Gasteiger partial charge in [0.2, 0.25) is 0 Å². The highest BCUT2D eigenvalue weighted by Crippen LogP contribution is 2.30. The monoisotopic (exact) mass is 456 g/mol. The number of nitrogens with one attached hydrogen (secondary N) is 1. The summed E-state index contributed by atoms with van der Waals surface area (Å²) < 4.78 is 0.471. The first kappa shape index (κ1) is 20.4. The van der Waals surface area contributed by atoms with E-state index in [1.807, 2.05) is 0 Å². The molecule has 0 aliphatic rings. The summed E-state index contributed by atoms with van der Waals surface area (Å²) in [7, 11) is 1.63. The number of rotatable bonds is 6. The molecule has 0 fully saturated rings. The minimum absolute atomic E-state index is 0.0246. The number of hydrogen-bond donors (Lipinski definition) is 2. The largest absolute Gasteiger partial charge is 0.369 e. The number of nitrogens with zero attached hydrogens (tertiary/aromatic N) is 4. The molecule has 27 heavy (non-hydrogen) atoms. The summed E-state index contributed by atoms with van der Waals surface area (Å²) in [6.07, 6.45) is 0. The Hall–Kier alpha value is -2.92. The average molecular weight is 458 g/mol. The second-order valence-corrected chi connectivity index (χ2v) is 6.51. The van der Waals surface area contributed by atoms with Crippen molar-refractivity contribution in [1.29, 1.82) is 0 Å². The fourth-order valence-electron chi connectivity index (χ4n) is 2.12. The van der Waals surface area contributed by atoms with Gasteiger partial charge in [-0.05, 0) is 34.1 Å². The molecule has 12 heteroatoms. The quantitative estimate of drug-likeness (QED) is 0.291. The van der Waals surface area contributed by atoms with Crippen LogP contribution < -0.4 is 16.0 Å².